The summed E-state index contributed by atoms with van der Waals surface area (Å²) in [4.78, 5) is 0. The summed E-state index contributed by atoms with van der Waals surface area (Å²) < 4.78 is 11.2. The second kappa shape index (κ2) is 10.3. The molecule has 2 aromatic carbocycles. The van der Waals surface area contributed by atoms with E-state index in [1.54, 1.807) is 12.1 Å². The number of ether oxygens (including phenoxy) is 2. The second-order valence-electron chi connectivity index (χ2n) is 8.25. The summed E-state index contributed by atoms with van der Waals surface area (Å²) in [6.07, 6.45) is -3.37. The molecule has 1 unspecified atom stereocenters. The highest BCUT2D eigenvalue weighted by Gasteiger charge is 2.44. The normalized spacial score (nSPS) is 30.0. The highest BCUT2D eigenvalue weighted by atomic mass is 35.5. The zero-order valence-electron chi connectivity index (χ0n) is 17.5. The van der Waals surface area contributed by atoms with Crippen molar-refractivity contribution in [2.75, 3.05) is 13.2 Å². The molecule has 170 valence electrons. The molecule has 6 nitrogen and oxygen atoms in total. The Morgan fingerprint density at radius 1 is 1.00 bits per heavy atom. The summed E-state index contributed by atoms with van der Waals surface area (Å²) in [5, 5.41) is 40.5. The fraction of sp³-hybridized carbons (Fsp3) is 0.440. The van der Waals surface area contributed by atoms with Crippen molar-refractivity contribution < 1.29 is 29.9 Å². The van der Waals surface area contributed by atoms with E-state index in [4.69, 9.17) is 21.1 Å². The number of aliphatic hydroxyl groups is 4. The fourth-order valence-electron chi connectivity index (χ4n) is 4.07. The molecule has 2 aromatic rings. The summed E-state index contributed by atoms with van der Waals surface area (Å²) in [7, 11) is 0. The van der Waals surface area contributed by atoms with E-state index in [2.05, 4.69) is 11.8 Å². The Morgan fingerprint density at radius 2 is 1.78 bits per heavy atom. The van der Waals surface area contributed by atoms with Crippen molar-refractivity contribution in [3.8, 4) is 11.8 Å². The van der Waals surface area contributed by atoms with Gasteiger partial charge in [0.15, 0.2) is 0 Å². The molecular weight excluding hydrogens is 432 g/mol. The zero-order chi connectivity index (χ0) is 22.7. The molecule has 0 spiro atoms. The van der Waals surface area contributed by atoms with Crippen molar-refractivity contribution >= 4 is 11.6 Å². The SMILES string of the molecule is OC[C@H]1O[C@@H](c2ccc(Cl)c(Cc3ccc(C#CC4CCCO4)cc3)c2)[C@H](O)[C@@H](O)[C@@H]1O. The molecule has 0 bridgehead atoms. The van der Waals surface area contributed by atoms with Crippen LogP contribution in [0, 0.1) is 11.8 Å². The molecule has 32 heavy (non-hydrogen) atoms. The van der Waals surface area contributed by atoms with Crippen LogP contribution in [-0.2, 0) is 15.9 Å². The molecule has 0 saturated carbocycles. The average Bonchev–Trinajstić information content (AvgIpc) is 3.33. The monoisotopic (exact) mass is 458 g/mol. The smallest absolute Gasteiger partial charge is 0.118 e. The summed E-state index contributed by atoms with van der Waals surface area (Å²) >= 11 is 6.41. The van der Waals surface area contributed by atoms with Gasteiger partial charge < -0.3 is 29.9 Å². The minimum atomic E-state index is -1.42. The van der Waals surface area contributed by atoms with Crippen LogP contribution < -0.4 is 0 Å². The molecule has 2 aliphatic heterocycles. The van der Waals surface area contributed by atoms with E-state index in [0.717, 1.165) is 36.1 Å². The Bertz CT molecular complexity index is 974. The molecule has 2 aliphatic rings. The third-order valence-electron chi connectivity index (χ3n) is 5.95. The van der Waals surface area contributed by atoms with Crippen LogP contribution in [0.4, 0.5) is 0 Å². The van der Waals surface area contributed by atoms with Gasteiger partial charge in [0, 0.05) is 17.2 Å². The van der Waals surface area contributed by atoms with E-state index in [-0.39, 0.29) is 6.10 Å². The first-order chi connectivity index (χ1) is 15.5. The zero-order valence-corrected chi connectivity index (χ0v) is 18.3. The molecule has 2 fully saturated rings. The van der Waals surface area contributed by atoms with Gasteiger partial charge in [0.2, 0.25) is 0 Å². The van der Waals surface area contributed by atoms with Crippen molar-refractivity contribution in [1.82, 2.24) is 0 Å². The van der Waals surface area contributed by atoms with Crippen molar-refractivity contribution in [1.29, 1.82) is 0 Å². The number of aliphatic hydroxyl groups excluding tert-OH is 4. The predicted molar refractivity (Wildman–Crippen MR) is 119 cm³/mol. The van der Waals surface area contributed by atoms with E-state index in [9.17, 15) is 20.4 Å². The quantitative estimate of drug-likeness (QED) is 0.523. The summed E-state index contributed by atoms with van der Waals surface area (Å²) in [5.74, 6) is 6.31. The first-order valence-corrected chi connectivity index (χ1v) is 11.1. The van der Waals surface area contributed by atoms with Gasteiger partial charge in [0.25, 0.3) is 0 Å². The topological polar surface area (TPSA) is 99.4 Å². The van der Waals surface area contributed by atoms with Crippen molar-refractivity contribution in [3.05, 3.63) is 69.7 Å². The molecule has 4 rings (SSSR count). The Hall–Kier alpha value is -1.95. The lowest BCUT2D eigenvalue weighted by Gasteiger charge is -2.40. The Kier molecular flexibility index (Phi) is 7.49. The van der Waals surface area contributed by atoms with Gasteiger partial charge in [0.1, 0.15) is 36.6 Å². The Morgan fingerprint density at radius 3 is 2.47 bits per heavy atom. The summed E-state index contributed by atoms with van der Waals surface area (Å²) in [6, 6.07) is 13.2. The van der Waals surface area contributed by atoms with Gasteiger partial charge in [0.05, 0.1) is 6.61 Å². The van der Waals surface area contributed by atoms with E-state index >= 15 is 0 Å². The molecule has 4 N–H and O–H groups in total. The van der Waals surface area contributed by atoms with E-state index in [0.29, 0.717) is 17.0 Å². The van der Waals surface area contributed by atoms with Crippen LogP contribution in [0.5, 0.6) is 0 Å². The van der Waals surface area contributed by atoms with Crippen LogP contribution in [0.25, 0.3) is 0 Å². The predicted octanol–water partition coefficient (Wildman–Crippen LogP) is 1.98. The third-order valence-corrected chi connectivity index (χ3v) is 6.31. The largest absolute Gasteiger partial charge is 0.394 e. The maximum atomic E-state index is 10.4. The lowest BCUT2D eigenvalue weighted by Crippen LogP contribution is -2.55. The first kappa shape index (κ1) is 23.2. The lowest BCUT2D eigenvalue weighted by molar-refractivity contribution is -0.231. The van der Waals surface area contributed by atoms with Gasteiger partial charge in [-0.25, -0.2) is 0 Å². The highest BCUT2D eigenvalue weighted by Crippen LogP contribution is 2.34. The number of rotatable bonds is 4. The molecule has 0 amide bonds. The van der Waals surface area contributed by atoms with Crippen LogP contribution >= 0.6 is 11.6 Å². The van der Waals surface area contributed by atoms with Crippen LogP contribution in [-0.4, -0.2) is 64.2 Å². The standard InChI is InChI=1S/C25H27ClO6/c26-20-10-8-17(25-24(30)23(29)22(28)21(14-27)32-25)13-18(20)12-16-5-3-15(4-6-16)7-9-19-2-1-11-31-19/h3-6,8,10,13,19,21-25,27-30H,1-2,11-12,14H2/t19?,21-,22-,23+,24-,25+/m1/s1. The maximum absolute atomic E-state index is 10.4. The van der Waals surface area contributed by atoms with Crippen LogP contribution in [0.2, 0.25) is 5.02 Å². The minimum Gasteiger partial charge on any atom is -0.394 e. The molecule has 2 saturated heterocycles. The molecule has 2 heterocycles. The maximum Gasteiger partial charge on any atom is 0.118 e. The second-order valence-corrected chi connectivity index (χ2v) is 8.65. The molecule has 7 heteroatoms. The van der Waals surface area contributed by atoms with Gasteiger partial charge >= 0.3 is 0 Å². The van der Waals surface area contributed by atoms with Gasteiger partial charge in [-0.15, -0.1) is 0 Å². The van der Waals surface area contributed by atoms with Crippen molar-refractivity contribution in [2.24, 2.45) is 0 Å². The van der Waals surface area contributed by atoms with Gasteiger partial charge in [-0.05, 0) is 54.2 Å². The third kappa shape index (κ3) is 5.16. The van der Waals surface area contributed by atoms with Gasteiger partial charge in [-0.2, -0.15) is 0 Å². The van der Waals surface area contributed by atoms with Crippen LogP contribution in [0.15, 0.2) is 42.5 Å². The number of benzene rings is 2. The van der Waals surface area contributed by atoms with Crippen LogP contribution in [0.3, 0.4) is 0 Å². The number of halogens is 1. The highest BCUT2D eigenvalue weighted by molar-refractivity contribution is 6.31. The minimum absolute atomic E-state index is 0.0265. The molecular formula is C25H27ClO6. The van der Waals surface area contributed by atoms with E-state index in [1.807, 2.05) is 30.3 Å². The molecule has 6 atom stereocenters. The number of hydrogen-bond acceptors (Lipinski definition) is 6. The summed E-state index contributed by atoms with van der Waals surface area (Å²) in [5.41, 5.74) is 3.41. The van der Waals surface area contributed by atoms with Crippen LogP contribution in [0.1, 0.15) is 41.2 Å². The van der Waals surface area contributed by atoms with E-state index in [1.165, 1.54) is 0 Å². The first-order valence-electron chi connectivity index (χ1n) is 10.8. The van der Waals surface area contributed by atoms with E-state index < -0.39 is 37.1 Å². The average molecular weight is 459 g/mol. The van der Waals surface area contributed by atoms with Gasteiger partial charge in [-0.3, -0.25) is 0 Å². The Labute approximate surface area is 192 Å². The fourth-order valence-corrected chi connectivity index (χ4v) is 4.25. The van der Waals surface area contributed by atoms with Crippen molar-refractivity contribution in [2.45, 2.75) is 55.9 Å². The molecule has 0 aliphatic carbocycles. The van der Waals surface area contributed by atoms with Gasteiger partial charge in [-0.1, -0.05) is 47.7 Å². The lowest BCUT2D eigenvalue weighted by atomic mass is 9.90. The molecule has 0 aromatic heterocycles. The Balaban J connectivity index is 1.49. The summed E-state index contributed by atoms with van der Waals surface area (Å²) in [6.45, 7) is 0.311. The number of hydrogen-bond donors (Lipinski definition) is 4. The molecule has 0 radical (unpaired) electrons. The van der Waals surface area contributed by atoms with Crippen molar-refractivity contribution in [3.63, 3.8) is 0 Å².